The third-order valence-corrected chi connectivity index (χ3v) is 6.88. The molecule has 6 heteroatoms. The number of hydroxylamine groups is 4. The van der Waals surface area contributed by atoms with Gasteiger partial charge in [-0.05, 0) is 87.5 Å². The monoisotopic (exact) mass is 442 g/mol. The van der Waals surface area contributed by atoms with Gasteiger partial charge in [0.15, 0.2) is 6.29 Å². The summed E-state index contributed by atoms with van der Waals surface area (Å²) in [5, 5.41) is 25.0. The molecule has 0 aromatic rings. The van der Waals surface area contributed by atoms with Crippen molar-refractivity contribution in [3.05, 3.63) is 0 Å². The van der Waals surface area contributed by atoms with E-state index in [9.17, 15) is 10.2 Å². The summed E-state index contributed by atoms with van der Waals surface area (Å²) in [7, 11) is 0. The summed E-state index contributed by atoms with van der Waals surface area (Å²) in [4.78, 5) is 13.3. The zero-order chi connectivity index (χ0) is 23.7. The molecule has 184 valence electrons. The Morgan fingerprint density at radius 1 is 0.677 bits per heavy atom. The van der Waals surface area contributed by atoms with Crippen molar-refractivity contribution in [3.8, 4) is 0 Å². The predicted molar refractivity (Wildman–Crippen MR) is 125 cm³/mol. The van der Waals surface area contributed by atoms with Crippen LogP contribution in [0.25, 0.3) is 0 Å². The van der Waals surface area contributed by atoms with Gasteiger partial charge in [-0.2, -0.15) is 10.1 Å². The van der Waals surface area contributed by atoms with Gasteiger partial charge in [-0.25, -0.2) is 0 Å². The van der Waals surface area contributed by atoms with Crippen LogP contribution in [0.2, 0.25) is 0 Å². The highest BCUT2D eigenvalue weighted by Crippen LogP contribution is 2.42. The Morgan fingerprint density at radius 2 is 1.03 bits per heavy atom. The second-order valence-corrected chi connectivity index (χ2v) is 12.5. The maximum atomic E-state index is 10.4. The Balaban J connectivity index is 2.24. The number of nitrogens with zero attached hydrogens (tertiary/aromatic N) is 2. The molecule has 2 rings (SSSR count). The number of aliphatic hydroxyl groups is 2. The van der Waals surface area contributed by atoms with Gasteiger partial charge < -0.3 is 10.2 Å². The van der Waals surface area contributed by atoms with Crippen LogP contribution in [0.5, 0.6) is 0 Å². The molecule has 0 bridgehead atoms. The van der Waals surface area contributed by atoms with E-state index < -0.39 is 6.29 Å². The van der Waals surface area contributed by atoms with Crippen LogP contribution in [0.3, 0.4) is 0 Å². The summed E-state index contributed by atoms with van der Waals surface area (Å²) in [6, 6.07) is 0. The predicted octanol–water partition coefficient (Wildman–Crippen LogP) is 5.17. The Labute approximate surface area is 191 Å². The van der Waals surface area contributed by atoms with Gasteiger partial charge in [0.1, 0.15) is 0 Å². The van der Waals surface area contributed by atoms with Crippen molar-refractivity contribution >= 4 is 0 Å². The lowest BCUT2D eigenvalue weighted by atomic mass is 9.80. The molecule has 2 aliphatic heterocycles. The molecule has 0 aliphatic carbocycles. The molecular formula is C25H50N2O4. The second kappa shape index (κ2) is 9.94. The van der Waals surface area contributed by atoms with E-state index in [0.717, 1.165) is 19.3 Å². The molecule has 0 radical (unpaired) electrons. The first-order valence-electron chi connectivity index (χ1n) is 12.4. The molecule has 0 spiro atoms. The van der Waals surface area contributed by atoms with E-state index in [-0.39, 0.29) is 34.4 Å². The molecule has 0 amide bonds. The molecule has 2 heterocycles. The number of aliphatic hydroxyl groups excluding tert-OH is 2. The van der Waals surface area contributed by atoms with Crippen molar-refractivity contribution in [2.24, 2.45) is 0 Å². The summed E-state index contributed by atoms with van der Waals surface area (Å²) in [6.45, 7) is 19.3. The number of piperidine rings is 2. The largest absolute Gasteiger partial charge is 0.393 e. The maximum absolute atomic E-state index is 10.4. The van der Waals surface area contributed by atoms with Crippen LogP contribution in [0.4, 0.5) is 0 Å². The molecule has 2 aliphatic rings. The van der Waals surface area contributed by atoms with Crippen molar-refractivity contribution in [1.29, 1.82) is 0 Å². The van der Waals surface area contributed by atoms with Crippen LogP contribution >= 0.6 is 0 Å². The fourth-order valence-corrected chi connectivity index (χ4v) is 6.09. The Hall–Kier alpha value is -0.240. The van der Waals surface area contributed by atoms with Crippen LogP contribution in [0, 0.1) is 0 Å². The third kappa shape index (κ3) is 6.87. The first-order chi connectivity index (χ1) is 14.1. The van der Waals surface area contributed by atoms with Gasteiger partial charge in [-0.15, -0.1) is 0 Å². The normalized spacial score (nSPS) is 27.1. The fraction of sp³-hybridized carbons (Fsp3) is 1.00. The van der Waals surface area contributed by atoms with E-state index in [2.05, 4.69) is 72.4 Å². The number of rotatable bonds is 9. The fourth-order valence-electron chi connectivity index (χ4n) is 6.09. The molecule has 0 unspecified atom stereocenters. The molecule has 31 heavy (non-hydrogen) atoms. The van der Waals surface area contributed by atoms with Crippen molar-refractivity contribution in [3.63, 3.8) is 0 Å². The molecule has 2 N–H and O–H groups in total. The van der Waals surface area contributed by atoms with E-state index in [4.69, 9.17) is 9.68 Å². The first-order valence-corrected chi connectivity index (χ1v) is 12.4. The van der Waals surface area contributed by atoms with Crippen molar-refractivity contribution < 1.29 is 19.9 Å². The molecule has 0 aromatic heterocycles. The summed E-state index contributed by atoms with van der Waals surface area (Å²) in [5.74, 6) is 0. The van der Waals surface area contributed by atoms with Crippen LogP contribution in [0.1, 0.15) is 120 Å². The van der Waals surface area contributed by atoms with Crippen LogP contribution in [-0.4, -0.2) is 61.0 Å². The molecule has 2 saturated heterocycles. The van der Waals surface area contributed by atoms with Crippen molar-refractivity contribution in [2.75, 3.05) is 0 Å². The minimum absolute atomic E-state index is 0.296. The minimum atomic E-state index is -0.403. The van der Waals surface area contributed by atoms with Gasteiger partial charge in [0.2, 0.25) is 0 Å². The minimum Gasteiger partial charge on any atom is -0.393 e. The number of unbranched alkanes of at least 4 members (excludes halogenated alkanes) is 3. The smallest absolute Gasteiger partial charge is 0.197 e. The van der Waals surface area contributed by atoms with Gasteiger partial charge >= 0.3 is 0 Å². The molecule has 0 saturated carbocycles. The van der Waals surface area contributed by atoms with E-state index >= 15 is 0 Å². The maximum Gasteiger partial charge on any atom is 0.197 e. The standard InChI is InChI=1S/C25H50N2O4/c1-10-11-12-13-14-21(30-26-22(2,3)15-19(28)16-23(26,4)5)31-27-24(6,7)17-20(29)18-25(27,8)9/h19-21,28-29H,10-18H2,1-9H3. The molecule has 6 nitrogen and oxygen atoms in total. The first kappa shape index (κ1) is 27.0. The number of hydrogen-bond acceptors (Lipinski definition) is 6. The second-order valence-electron chi connectivity index (χ2n) is 12.5. The zero-order valence-corrected chi connectivity index (χ0v) is 21.7. The molecule has 0 aromatic carbocycles. The quantitative estimate of drug-likeness (QED) is 0.379. The van der Waals surface area contributed by atoms with Crippen LogP contribution in [-0.2, 0) is 9.68 Å². The van der Waals surface area contributed by atoms with E-state index in [1.54, 1.807) is 0 Å². The highest BCUT2D eigenvalue weighted by Gasteiger charge is 2.50. The van der Waals surface area contributed by atoms with Crippen LogP contribution in [0.15, 0.2) is 0 Å². The van der Waals surface area contributed by atoms with E-state index in [1.165, 1.54) is 12.8 Å². The SMILES string of the molecule is CCCCCCC(ON1C(C)(C)CC(O)CC1(C)C)ON1C(C)(C)CC(O)CC1(C)C. The Morgan fingerprint density at radius 3 is 1.35 bits per heavy atom. The van der Waals surface area contributed by atoms with E-state index in [0.29, 0.717) is 25.7 Å². The summed E-state index contributed by atoms with van der Waals surface area (Å²) in [6.07, 6.45) is 7.08. The lowest BCUT2D eigenvalue weighted by Crippen LogP contribution is -2.65. The average Bonchev–Trinajstić information content (AvgIpc) is 2.54. The van der Waals surface area contributed by atoms with Gasteiger partial charge in [-0.3, -0.25) is 9.68 Å². The molecule has 2 fully saturated rings. The number of hydrogen-bond donors (Lipinski definition) is 2. The highest BCUT2D eigenvalue weighted by atomic mass is 16.9. The summed E-state index contributed by atoms with van der Waals surface area (Å²) >= 11 is 0. The lowest BCUT2D eigenvalue weighted by molar-refractivity contribution is -0.427. The van der Waals surface area contributed by atoms with Gasteiger partial charge in [0.25, 0.3) is 0 Å². The third-order valence-electron chi connectivity index (χ3n) is 6.88. The van der Waals surface area contributed by atoms with Gasteiger partial charge in [0, 0.05) is 28.6 Å². The Kier molecular flexibility index (Phi) is 8.66. The van der Waals surface area contributed by atoms with Gasteiger partial charge in [0.05, 0.1) is 12.2 Å². The van der Waals surface area contributed by atoms with Crippen LogP contribution < -0.4 is 0 Å². The average molecular weight is 443 g/mol. The van der Waals surface area contributed by atoms with Crippen molar-refractivity contribution in [2.45, 2.75) is 161 Å². The van der Waals surface area contributed by atoms with Gasteiger partial charge in [-0.1, -0.05) is 26.2 Å². The zero-order valence-electron chi connectivity index (χ0n) is 21.7. The summed E-state index contributed by atoms with van der Waals surface area (Å²) in [5.41, 5.74) is -1.19. The summed E-state index contributed by atoms with van der Waals surface area (Å²) < 4.78 is 0. The lowest BCUT2D eigenvalue weighted by Gasteiger charge is -2.56. The Bertz CT molecular complexity index is 496. The molecular weight excluding hydrogens is 392 g/mol. The highest BCUT2D eigenvalue weighted by molar-refractivity contribution is 4.98. The topological polar surface area (TPSA) is 65.4 Å². The molecule has 0 atom stereocenters. The van der Waals surface area contributed by atoms with E-state index in [1.807, 2.05) is 0 Å². The van der Waals surface area contributed by atoms with Crippen molar-refractivity contribution in [1.82, 2.24) is 10.1 Å².